The van der Waals surface area contributed by atoms with E-state index in [-0.39, 0.29) is 40.6 Å². The molecule has 1 atom stereocenters. The number of aromatic nitrogens is 1. The zero-order chi connectivity index (χ0) is 29.9. The lowest BCUT2D eigenvalue weighted by Crippen LogP contribution is -2.39. The van der Waals surface area contributed by atoms with Gasteiger partial charge < -0.3 is 25.1 Å². The number of pyridine rings is 1. The van der Waals surface area contributed by atoms with Crippen LogP contribution in [-0.4, -0.2) is 54.6 Å². The molecule has 0 saturated heterocycles. The molecule has 9 nitrogen and oxygen atoms in total. The Kier molecular flexibility index (Phi) is 12.3. The van der Waals surface area contributed by atoms with Crippen molar-refractivity contribution in [3.8, 4) is 11.5 Å². The predicted molar refractivity (Wildman–Crippen MR) is 151 cm³/mol. The Hall–Kier alpha value is -3.25. The van der Waals surface area contributed by atoms with Crippen molar-refractivity contribution in [2.45, 2.75) is 51.7 Å². The summed E-state index contributed by atoms with van der Waals surface area (Å²) in [6.45, 7) is -1.85. The SMILES string of the molecule is CCc1nc2c(Cl)ccc(OCC(=O)OCN[C@@H](CCCCN)C(=O)O)c2c(OC(F)F)c1Cc1ccc(Cl)cc1. The van der Waals surface area contributed by atoms with Crippen LogP contribution in [0, 0.1) is 0 Å². The molecule has 0 unspecified atom stereocenters. The van der Waals surface area contributed by atoms with Crippen LogP contribution in [0.15, 0.2) is 36.4 Å². The van der Waals surface area contributed by atoms with Crippen LogP contribution in [-0.2, 0) is 27.2 Å². The Morgan fingerprint density at radius 3 is 2.49 bits per heavy atom. The quantitative estimate of drug-likeness (QED) is 0.111. The van der Waals surface area contributed by atoms with E-state index in [1.165, 1.54) is 12.1 Å². The van der Waals surface area contributed by atoms with E-state index in [0.717, 1.165) is 5.56 Å². The van der Waals surface area contributed by atoms with E-state index in [9.17, 15) is 23.5 Å². The number of aryl methyl sites for hydroxylation is 1. The Labute approximate surface area is 245 Å². The lowest BCUT2D eigenvalue weighted by Gasteiger charge is -2.20. The second kappa shape index (κ2) is 15.7. The van der Waals surface area contributed by atoms with Gasteiger partial charge in [-0.15, -0.1) is 0 Å². The molecule has 0 radical (unpaired) electrons. The molecule has 0 aliphatic carbocycles. The molecule has 1 aromatic heterocycles. The first kappa shape index (κ1) is 32.3. The molecule has 0 spiro atoms. The lowest BCUT2D eigenvalue weighted by atomic mass is 9.98. The van der Waals surface area contributed by atoms with Gasteiger partial charge in [-0.2, -0.15) is 8.78 Å². The number of unbranched alkanes of at least 4 members (excludes halogenated alkanes) is 1. The van der Waals surface area contributed by atoms with Gasteiger partial charge in [-0.1, -0.05) is 48.7 Å². The van der Waals surface area contributed by atoms with Crippen LogP contribution in [0.4, 0.5) is 8.78 Å². The van der Waals surface area contributed by atoms with Gasteiger partial charge in [0.15, 0.2) is 6.61 Å². The van der Waals surface area contributed by atoms with Gasteiger partial charge in [0.25, 0.3) is 0 Å². The third-order valence-electron chi connectivity index (χ3n) is 6.18. The van der Waals surface area contributed by atoms with Crippen molar-refractivity contribution >= 4 is 46.0 Å². The van der Waals surface area contributed by atoms with Crippen molar-refractivity contribution in [2.75, 3.05) is 19.9 Å². The molecule has 2 aromatic carbocycles. The first-order valence-electron chi connectivity index (χ1n) is 12.9. The molecule has 0 bridgehead atoms. The van der Waals surface area contributed by atoms with E-state index >= 15 is 0 Å². The normalized spacial score (nSPS) is 12.0. The minimum Gasteiger partial charge on any atom is -0.481 e. The van der Waals surface area contributed by atoms with Crippen LogP contribution in [0.25, 0.3) is 10.9 Å². The molecule has 0 amide bonds. The summed E-state index contributed by atoms with van der Waals surface area (Å²) < 4.78 is 43.1. The molecule has 41 heavy (non-hydrogen) atoms. The number of hydrogen-bond acceptors (Lipinski definition) is 8. The average molecular weight is 614 g/mol. The Bertz CT molecular complexity index is 1340. The number of hydrogen-bond donors (Lipinski definition) is 3. The number of benzene rings is 2. The minimum absolute atomic E-state index is 0.0302. The number of nitrogens with two attached hydrogens (primary N) is 1. The van der Waals surface area contributed by atoms with Gasteiger partial charge in [-0.25, -0.2) is 4.79 Å². The number of carbonyl (C=O) groups is 2. The fraction of sp³-hybridized carbons (Fsp3) is 0.393. The van der Waals surface area contributed by atoms with Crippen molar-refractivity contribution in [3.63, 3.8) is 0 Å². The van der Waals surface area contributed by atoms with Crippen LogP contribution < -0.4 is 20.5 Å². The molecule has 0 aliphatic rings. The molecule has 222 valence electrons. The number of carbonyl (C=O) groups excluding carboxylic acids is 1. The van der Waals surface area contributed by atoms with Gasteiger partial charge in [0.05, 0.1) is 15.9 Å². The molecule has 0 saturated carbocycles. The number of alkyl halides is 2. The number of carboxylic acid groups (broad SMARTS) is 1. The third kappa shape index (κ3) is 9.12. The number of aliphatic carboxylic acids is 1. The van der Waals surface area contributed by atoms with E-state index in [1.54, 1.807) is 24.3 Å². The van der Waals surface area contributed by atoms with Crippen molar-refractivity contribution < 1.29 is 37.7 Å². The topological polar surface area (TPSA) is 133 Å². The summed E-state index contributed by atoms with van der Waals surface area (Å²) in [7, 11) is 0. The number of esters is 1. The number of nitrogens with zero attached hydrogens (tertiary/aromatic N) is 1. The van der Waals surface area contributed by atoms with Crippen LogP contribution in [0.2, 0.25) is 10.0 Å². The van der Waals surface area contributed by atoms with E-state index in [2.05, 4.69) is 10.3 Å². The van der Waals surface area contributed by atoms with Gasteiger partial charge in [-0.05, 0) is 55.6 Å². The van der Waals surface area contributed by atoms with Crippen LogP contribution >= 0.6 is 23.2 Å². The smallest absolute Gasteiger partial charge is 0.387 e. The summed E-state index contributed by atoms with van der Waals surface area (Å²) in [6.07, 6.45) is 2.19. The van der Waals surface area contributed by atoms with E-state index in [4.69, 9.17) is 43.1 Å². The Balaban J connectivity index is 1.86. The molecular weight excluding hydrogens is 583 g/mol. The van der Waals surface area contributed by atoms with E-state index in [0.29, 0.717) is 48.5 Å². The molecular formula is C28H31Cl2F2N3O6. The third-order valence-corrected chi connectivity index (χ3v) is 6.73. The molecule has 1 heterocycles. The van der Waals surface area contributed by atoms with Crippen molar-refractivity contribution in [1.29, 1.82) is 0 Å². The average Bonchev–Trinajstić information content (AvgIpc) is 2.93. The highest BCUT2D eigenvalue weighted by Crippen LogP contribution is 2.42. The zero-order valence-electron chi connectivity index (χ0n) is 22.3. The Morgan fingerprint density at radius 1 is 1.12 bits per heavy atom. The van der Waals surface area contributed by atoms with E-state index < -0.39 is 31.2 Å². The molecule has 13 heteroatoms. The summed E-state index contributed by atoms with van der Waals surface area (Å²) >= 11 is 12.4. The zero-order valence-corrected chi connectivity index (χ0v) is 23.8. The predicted octanol–water partition coefficient (Wildman–Crippen LogP) is 5.35. The standard InChI is InChI=1S/C28H31Cl2F2N3O6/c1-2-20-18(13-16-6-8-17(29)9-7-16)26(41-28(31)32)24-22(11-10-19(30)25(24)35-20)39-14-23(36)40-15-34-21(27(37)38)5-3-4-12-33/h6-11,21,28,34H,2-5,12-15,33H2,1H3,(H,37,38)/t21-/m0/s1. The monoisotopic (exact) mass is 613 g/mol. The van der Waals surface area contributed by atoms with Gasteiger partial charge in [0.2, 0.25) is 0 Å². The number of ether oxygens (including phenoxy) is 3. The summed E-state index contributed by atoms with van der Waals surface area (Å²) in [5.41, 5.74) is 7.32. The summed E-state index contributed by atoms with van der Waals surface area (Å²) in [4.78, 5) is 28.4. The number of fused-ring (bicyclic) bond motifs is 1. The highest BCUT2D eigenvalue weighted by atomic mass is 35.5. The number of rotatable bonds is 16. The van der Waals surface area contributed by atoms with Crippen molar-refractivity contribution in [3.05, 3.63) is 63.3 Å². The van der Waals surface area contributed by atoms with Crippen molar-refractivity contribution in [2.24, 2.45) is 5.73 Å². The Morgan fingerprint density at radius 2 is 1.85 bits per heavy atom. The number of nitrogens with one attached hydrogen (secondary N) is 1. The molecule has 0 fully saturated rings. The van der Waals surface area contributed by atoms with Gasteiger partial charge in [0, 0.05) is 22.7 Å². The van der Waals surface area contributed by atoms with Crippen LogP contribution in [0.3, 0.4) is 0 Å². The summed E-state index contributed by atoms with van der Waals surface area (Å²) in [6, 6.07) is 8.90. The molecule has 0 aliphatic heterocycles. The second-order valence-electron chi connectivity index (χ2n) is 9.00. The van der Waals surface area contributed by atoms with Gasteiger partial charge in [-0.3, -0.25) is 15.1 Å². The maximum absolute atomic E-state index is 13.7. The maximum atomic E-state index is 13.7. The fourth-order valence-electron chi connectivity index (χ4n) is 4.19. The van der Waals surface area contributed by atoms with Crippen LogP contribution in [0.1, 0.15) is 43.0 Å². The lowest BCUT2D eigenvalue weighted by molar-refractivity contribution is -0.149. The molecule has 4 N–H and O–H groups in total. The first-order valence-corrected chi connectivity index (χ1v) is 13.7. The number of carboxylic acids is 1. The highest BCUT2D eigenvalue weighted by Gasteiger charge is 2.24. The second-order valence-corrected chi connectivity index (χ2v) is 9.84. The first-order chi connectivity index (χ1) is 19.6. The van der Waals surface area contributed by atoms with Crippen molar-refractivity contribution in [1.82, 2.24) is 10.3 Å². The minimum atomic E-state index is -3.16. The molecule has 3 aromatic rings. The van der Waals surface area contributed by atoms with Gasteiger partial charge in [0.1, 0.15) is 24.3 Å². The highest BCUT2D eigenvalue weighted by molar-refractivity contribution is 6.35. The maximum Gasteiger partial charge on any atom is 0.387 e. The number of halogens is 4. The fourth-order valence-corrected chi connectivity index (χ4v) is 4.51. The summed E-state index contributed by atoms with van der Waals surface area (Å²) in [5, 5.41) is 12.8. The van der Waals surface area contributed by atoms with Crippen LogP contribution in [0.5, 0.6) is 11.5 Å². The largest absolute Gasteiger partial charge is 0.481 e. The molecule has 3 rings (SSSR count). The van der Waals surface area contributed by atoms with E-state index in [1.807, 2.05) is 6.92 Å². The summed E-state index contributed by atoms with van der Waals surface area (Å²) in [5.74, 6) is -2.03. The van der Waals surface area contributed by atoms with Gasteiger partial charge >= 0.3 is 18.6 Å².